The average Bonchev–Trinajstić information content (AvgIpc) is 2.91. The first-order valence-corrected chi connectivity index (χ1v) is 9.27. The van der Waals surface area contributed by atoms with Crippen LogP contribution in [0.2, 0.25) is 0 Å². The van der Waals surface area contributed by atoms with Gasteiger partial charge in [-0.1, -0.05) is 20.3 Å². The number of aromatic nitrogens is 1. The molecule has 0 fully saturated rings. The maximum absolute atomic E-state index is 12.9. The molecule has 0 aromatic carbocycles. The second-order valence-electron chi connectivity index (χ2n) is 5.38. The van der Waals surface area contributed by atoms with Crippen LogP contribution in [0.25, 0.3) is 0 Å². The van der Waals surface area contributed by atoms with Crippen LogP contribution < -0.4 is 5.73 Å². The maximum Gasteiger partial charge on any atom is 0.244 e. The summed E-state index contributed by atoms with van der Waals surface area (Å²) >= 11 is 0. The number of sulfonamides is 1. The summed E-state index contributed by atoms with van der Waals surface area (Å²) < 4.78 is 29.4. The normalized spacial score (nSPS) is 13.8. The fraction of sp³-hybridized carbons (Fsp3) is 0.733. The van der Waals surface area contributed by atoms with Crippen LogP contribution in [0, 0.1) is 0 Å². The Bertz CT molecular complexity index is 516. The molecule has 0 aliphatic heterocycles. The predicted octanol–water partition coefficient (Wildman–Crippen LogP) is 2.56. The quantitative estimate of drug-likeness (QED) is 0.761. The molecule has 0 spiro atoms. The maximum atomic E-state index is 12.9. The number of nitrogens with two attached hydrogens (primary N) is 1. The fourth-order valence-electron chi connectivity index (χ4n) is 2.36. The molecule has 6 heteroatoms. The van der Waals surface area contributed by atoms with Crippen molar-refractivity contribution >= 4 is 10.0 Å². The zero-order valence-corrected chi connectivity index (χ0v) is 14.5. The van der Waals surface area contributed by atoms with Gasteiger partial charge in [-0.15, -0.1) is 0 Å². The highest BCUT2D eigenvalue weighted by Crippen LogP contribution is 2.22. The lowest BCUT2D eigenvalue weighted by Crippen LogP contribution is -2.38. The number of aryl methyl sites for hydroxylation is 1. The number of nitrogens with zero attached hydrogens (tertiary/aromatic N) is 2. The summed E-state index contributed by atoms with van der Waals surface area (Å²) in [6.45, 7) is 9.68. The molecule has 1 aromatic heterocycles. The summed E-state index contributed by atoms with van der Waals surface area (Å²) in [6, 6.07) is 1.72. The molecule has 0 saturated heterocycles. The number of hydrogen-bond acceptors (Lipinski definition) is 3. The lowest BCUT2D eigenvalue weighted by Gasteiger charge is -2.27. The Hall–Kier alpha value is -0.850. The van der Waals surface area contributed by atoms with E-state index in [0.29, 0.717) is 18.0 Å². The fourth-order valence-corrected chi connectivity index (χ4v) is 4.17. The van der Waals surface area contributed by atoms with Gasteiger partial charge in [-0.25, -0.2) is 8.42 Å². The molecule has 5 nitrogen and oxygen atoms in total. The third-order valence-corrected chi connectivity index (χ3v) is 5.91. The van der Waals surface area contributed by atoms with Gasteiger partial charge in [-0.05, 0) is 32.8 Å². The SMILES string of the molecule is CCCCN(C(C)CC)S(=O)(=O)c1cc(CN)n(CC)c1. The van der Waals surface area contributed by atoms with Crippen LogP contribution >= 0.6 is 0 Å². The Labute approximate surface area is 129 Å². The summed E-state index contributed by atoms with van der Waals surface area (Å²) in [5.41, 5.74) is 6.55. The molecule has 0 bridgehead atoms. The third-order valence-electron chi connectivity index (χ3n) is 3.93. The van der Waals surface area contributed by atoms with Crippen LogP contribution in [0.4, 0.5) is 0 Å². The van der Waals surface area contributed by atoms with Gasteiger partial charge in [0, 0.05) is 37.6 Å². The minimum absolute atomic E-state index is 0.00727. The van der Waals surface area contributed by atoms with Crippen molar-refractivity contribution in [2.75, 3.05) is 6.54 Å². The molecule has 0 aliphatic carbocycles. The van der Waals surface area contributed by atoms with Crippen molar-refractivity contribution in [2.45, 2.75) is 71.0 Å². The van der Waals surface area contributed by atoms with Crippen molar-refractivity contribution < 1.29 is 8.42 Å². The Morgan fingerprint density at radius 3 is 2.43 bits per heavy atom. The van der Waals surface area contributed by atoms with E-state index in [2.05, 4.69) is 6.92 Å². The van der Waals surface area contributed by atoms with E-state index >= 15 is 0 Å². The highest BCUT2D eigenvalue weighted by Gasteiger charge is 2.29. The second-order valence-corrected chi connectivity index (χ2v) is 7.27. The topological polar surface area (TPSA) is 68.3 Å². The number of rotatable bonds is 9. The van der Waals surface area contributed by atoms with Gasteiger partial charge in [-0.3, -0.25) is 0 Å². The van der Waals surface area contributed by atoms with Crippen molar-refractivity contribution in [3.05, 3.63) is 18.0 Å². The molecule has 1 heterocycles. The molecule has 1 unspecified atom stereocenters. The van der Waals surface area contributed by atoms with Gasteiger partial charge in [-0.2, -0.15) is 4.31 Å². The summed E-state index contributed by atoms with van der Waals surface area (Å²) in [5, 5.41) is 0. The minimum atomic E-state index is -3.45. The Balaban J connectivity index is 3.18. The van der Waals surface area contributed by atoms with Crippen molar-refractivity contribution in [3.63, 3.8) is 0 Å². The third kappa shape index (κ3) is 4.08. The van der Waals surface area contributed by atoms with Crippen LogP contribution in [0.15, 0.2) is 17.2 Å². The van der Waals surface area contributed by atoms with Crippen LogP contribution in [-0.2, 0) is 23.1 Å². The lowest BCUT2D eigenvalue weighted by atomic mass is 10.2. The largest absolute Gasteiger partial charge is 0.349 e. The standard InChI is InChI=1S/C15H29N3O2S/c1-5-8-9-18(13(4)6-2)21(19,20)15-10-14(11-16)17(7-3)12-15/h10,12-13H,5-9,11,16H2,1-4H3. The summed E-state index contributed by atoms with van der Waals surface area (Å²) in [6.07, 6.45) is 4.37. The van der Waals surface area contributed by atoms with Gasteiger partial charge in [0.2, 0.25) is 10.0 Å². The molecular formula is C15H29N3O2S. The highest BCUT2D eigenvalue weighted by atomic mass is 32.2. The molecule has 1 aromatic rings. The molecular weight excluding hydrogens is 286 g/mol. The Kier molecular flexibility index (Phi) is 6.90. The summed E-state index contributed by atoms with van der Waals surface area (Å²) in [4.78, 5) is 0.362. The summed E-state index contributed by atoms with van der Waals surface area (Å²) in [5.74, 6) is 0. The molecule has 122 valence electrons. The summed E-state index contributed by atoms with van der Waals surface area (Å²) in [7, 11) is -3.45. The van der Waals surface area contributed by atoms with E-state index < -0.39 is 10.0 Å². The van der Waals surface area contributed by atoms with Gasteiger partial charge in [0.15, 0.2) is 0 Å². The smallest absolute Gasteiger partial charge is 0.244 e. The van der Waals surface area contributed by atoms with Gasteiger partial charge in [0.1, 0.15) is 4.90 Å². The first-order chi connectivity index (χ1) is 9.92. The zero-order valence-electron chi connectivity index (χ0n) is 13.7. The van der Waals surface area contributed by atoms with E-state index in [0.717, 1.165) is 31.5 Å². The van der Waals surface area contributed by atoms with E-state index in [1.807, 2.05) is 25.3 Å². The molecule has 0 amide bonds. The molecule has 1 rings (SSSR count). The predicted molar refractivity (Wildman–Crippen MR) is 86.6 cm³/mol. The highest BCUT2D eigenvalue weighted by molar-refractivity contribution is 7.89. The monoisotopic (exact) mass is 315 g/mol. The van der Waals surface area contributed by atoms with Crippen LogP contribution in [0.3, 0.4) is 0 Å². The van der Waals surface area contributed by atoms with Gasteiger partial charge >= 0.3 is 0 Å². The van der Waals surface area contributed by atoms with Gasteiger partial charge in [0.05, 0.1) is 0 Å². The zero-order chi connectivity index (χ0) is 16.0. The second kappa shape index (κ2) is 7.96. The van der Waals surface area contributed by atoms with E-state index in [9.17, 15) is 8.42 Å². The Morgan fingerprint density at radius 1 is 1.33 bits per heavy atom. The molecule has 1 atom stereocenters. The Morgan fingerprint density at radius 2 is 2.00 bits per heavy atom. The molecule has 0 saturated carbocycles. The van der Waals surface area contributed by atoms with Crippen molar-refractivity contribution in [1.29, 1.82) is 0 Å². The van der Waals surface area contributed by atoms with E-state index in [4.69, 9.17) is 5.73 Å². The van der Waals surface area contributed by atoms with Crippen molar-refractivity contribution in [2.24, 2.45) is 5.73 Å². The van der Waals surface area contributed by atoms with Crippen LogP contribution in [0.5, 0.6) is 0 Å². The van der Waals surface area contributed by atoms with E-state index in [1.54, 1.807) is 16.6 Å². The van der Waals surface area contributed by atoms with E-state index in [1.165, 1.54) is 0 Å². The van der Waals surface area contributed by atoms with E-state index in [-0.39, 0.29) is 6.04 Å². The first-order valence-electron chi connectivity index (χ1n) is 7.83. The molecule has 21 heavy (non-hydrogen) atoms. The van der Waals surface area contributed by atoms with Crippen molar-refractivity contribution in [1.82, 2.24) is 8.87 Å². The number of unbranched alkanes of at least 4 members (excludes halogenated alkanes) is 1. The molecule has 0 aliphatic rings. The molecule has 2 N–H and O–H groups in total. The lowest BCUT2D eigenvalue weighted by molar-refractivity contribution is 0.324. The van der Waals surface area contributed by atoms with Crippen molar-refractivity contribution in [3.8, 4) is 0 Å². The van der Waals surface area contributed by atoms with Gasteiger partial charge < -0.3 is 10.3 Å². The van der Waals surface area contributed by atoms with Gasteiger partial charge in [0.25, 0.3) is 0 Å². The average molecular weight is 315 g/mol. The van der Waals surface area contributed by atoms with Crippen LogP contribution in [0.1, 0.15) is 52.7 Å². The first kappa shape index (κ1) is 18.2. The van der Waals surface area contributed by atoms with Crippen LogP contribution in [-0.4, -0.2) is 29.9 Å². The minimum Gasteiger partial charge on any atom is -0.349 e. The number of hydrogen-bond donors (Lipinski definition) is 1. The molecule has 0 radical (unpaired) electrons.